The molecule has 4 nitrogen and oxygen atoms in total. The molecule has 0 radical (unpaired) electrons. The Morgan fingerprint density at radius 3 is 2.19 bits per heavy atom. The quantitative estimate of drug-likeness (QED) is 0.753. The van der Waals surface area contributed by atoms with Gasteiger partial charge in [-0.25, -0.2) is 8.42 Å². The molecule has 6 heteroatoms. The monoisotopic (exact) mass is 397 g/mol. The molecule has 0 bridgehead atoms. The van der Waals surface area contributed by atoms with E-state index in [1.165, 1.54) is 0 Å². The molecule has 0 N–H and O–H groups in total. The van der Waals surface area contributed by atoms with Crippen LogP contribution in [0.15, 0.2) is 24.3 Å². The Balaban J connectivity index is 1.92. The molecule has 1 aliphatic heterocycles. The van der Waals surface area contributed by atoms with Crippen LogP contribution in [-0.4, -0.2) is 42.8 Å². The van der Waals surface area contributed by atoms with Crippen LogP contribution in [0.5, 0.6) is 0 Å². The summed E-state index contributed by atoms with van der Waals surface area (Å²) in [6.45, 7) is 4.10. The normalized spacial score (nSPS) is 24.1. The number of hydrogen-bond donors (Lipinski definition) is 0. The Hall–Kier alpha value is -1.07. The van der Waals surface area contributed by atoms with Crippen molar-refractivity contribution >= 4 is 27.3 Å². The Labute approximate surface area is 161 Å². The highest BCUT2D eigenvalue weighted by Crippen LogP contribution is 2.35. The first kappa shape index (κ1) is 19.7. The zero-order valence-corrected chi connectivity index (χ0v) is 17.1. The van der Waals surface area contributed by atoms with E-state index in [1.54, 1.807) is 0 Å². The minimum absolute atomic E-state index is 0.0799. The maximum atomic E-state index is 13.7. The van der Waals surface area contributed by atoms with Crippen LogP contribution in [0.25, 0.3) is 0 Å². The van der Waals surface area contributed by atoms with Crippen molar-refractivity contribution in [1.82, 2.24) is 4.90 Å². The van der Waals surface area contributed by atoms with Gasteiger partial charge in [-0.2, -0.15) is 0 Å². The van der Waals surface area contributed by atoms with Gasteiger partial charge < -0.3 is 4.90 Å². The Kier molecular flexibility index (Phi) is 5.97. The van der Waals surface area contributed by atoms with E-state index in [-0.39, 0.29) is 41.3 Å². The molecule has 0 aromatic heterocycles. The fourth-order valence-corrected chi connectivity index (χ4v) is 6.32. The molecule has 144 valence electrons. The third kappa shape index (κ3) is 4.25. The van der Waals surface area contributed by atoms with Crippen LogP contribution in [0, 0.1) is 5.92 Å². The minimum atomic E-state index is -3.03. The summed E-state index contributed by atoms with van der Waals surface area (Å²) in [6.07, 6.45) is 4.75. The maximum Gasteiger partial charge on any atom is 0.230 e. The molecule has 1 aliphatic carbocycles. The van der Waals surface area contributed by atoms with Gasteiger partial charge in [-0.3, -0.25) is 4.79 Å². The molecule has 2 fully saturated rings. The average Bonchev–Trinajstić information content (AvgIpc) is 3.20. The van der Waals surface area contributed by atoms with E-state index in [0.29, 0.717) is 11.4 Å². The molecular formula is C20H28ClNO3S. The summed E-state index contributed by atoms with van der Waals surface area (Å²) in [5.74, 6) is 0.250. The number of carbonyl (C=O) groups is 1. The summed E-state index contributed by atoms with van der Waals surface area (Å²) in [7, 11) is -3.03. The third-order valence-corrected chi connectivity index (χ3v) is 7.74. The van der Waals surface area contributed by atoms with Crippen LogP contribution < -0.4 is 0 Å². The zero-order chi connectivity index (χ0) is 18.9. The SMILES string of the molecule is CC(C)[C@H](C(=O)N(C1CCCC1)[C@H]1CCS(=O)(=O)C1)c1ccc(Cl)cc1. The Morgan fingerprint density at radius 1 is 1.08 bits per heavy atom. The number of nitrogens with zero attached hydrogens (tertiary/aromatic N) is 1. The maximum absolute atomic E-state index is 13.7. The van der Waals surface area contributed by atoms with Crippen LogP contribution >= 0.6 is 11.6 Å². The summed E-state index contributed by atoms with van der Waals surface area (Å²) in [5.41, 5.74) is 0.957. The van der Waals surface area contributed by atoms with Crippen molar-refractivity contribution in [2.75, 3.05) is 11.5 Å². The molecule has 1 saturated carbocycles. The molecule has 2 atom stereocenters. The van der Waals surface area contributed by atoms with Gasteiger partial charge in [0.15, 0.2) is 9.84 Å². The van der Waals surface area contributed by atoms with Gasteiger partial charge in [-0.05, 0) is 42.9 Å². The van der Waals surface area contributed by atoms with E-state index in [2.05, 4.69) is 13.8 Å². The van der Waals surface area contributed by atoms with Gasteiger partial charge in [0.2, 0.25) is 5.91 Å². The van der Waals surface area contributed by atoms with E-state index in [9.17, 15) is 13.2 Å². The lowest BCUT2D eigenvalue weighted by Gasteiger charge is -2.38. The zero-order valence-electron chi connectivity index (χ0n) is 15.5. The summed E-state index contributed by atoms with van der Waals surface area (Å²) in [4.78, 5) is 15.6. The molecule has 0 spiro atoms. The van der Waals surface area contributed by atoms with Gasteiger partial charge in [0, 0.05) is 17.1 Å². The van der Waals surface area contributed by atoms with Gasteiger partial charge >= 0.3 is 0 Å². The van der Waals surface area contributed by atoms with E-state index in [4.69, 9.17) is 11.6 Å². The van der Waals surface area contributed by atoms with Crippen molar-refractivity contribution in [3.63, 3.8) is 0 Å². The predicted octanol–water partition coefficient (Wildman–Crippen LogP) is 4.04. The fraction of sp³-hybridized carbons (Fsp3) is 0.650. The van der Waals surface area contributed by atoms with Crippen molar-refractivity contribution in [3.8, 4) is 0 Å². The van der Waals surface area contributed by atoms with E-state index in [0.717, 1.165) is 31.2 Å². The topological polar surface area (TPSA) is 54.5 Å². The second kappa shape index (κ2) is 7.89. The second-order valence-electron chi connectivity index (χ2n) is 8.01. The van der Waals surface area contributed by atoms with Crippen molar-refractivity contribution in [2.24, 2.45) is 5.92 Å². The Morgan fingerprint density at radius 2 is 1.69 bits per heavy atom. The van der Waals surface area contributed by atoms with Gasteiger partial charge in [0.25, 0.3) is 0 Å². The third-order valence-electron chi connectivity index (χ3n) is 5.74. The minimum Gasteiger partial charge on any atom is -0.335 e. The van der Waals surface area contributed by atoms with Crippen LogP contribution in [-0.2, 0) is 14.6 Å². The first-order valence-corrected chi connectivity index (χ1v) is 11.8. The van der Waals surface area contributed by atoms with E-state index < -0.39 is 9.84 Å². The van der Waals surface area contributed by atoms with Crippen LogP contribution in [0.3, 0.4) is 0 Å². The lowest BCUT2D eigenvalue weighted by molar-refractivity contribution is -0.138. The van der Waals surface area contributed by atoms with Crippen LogP contribution in [0.1, 0.15) is 57.4 Å². The fourth-order valence-electron chi connectivity index (χ4n) is 4.48. The molecule has 26 heavy (non-hydrogen) atoms. The lowest BCUT2D eigenvalue weighted by Crippen LogP contribution is -2.49. The predicted molar refractivity (Wildman–Crippen MR) is 105 cm³/mol. The first-order chi connectivity index (χ1) is 12.3. The second-order valence-corrected chi connectivity index (χ2v) is 10.7. The highest BCUT2D eigenvalue weighted by Gasteiger charge is 2.41. The molecule has 2 aliphatic rings. The summed E-state index contributed by atoms with van der Waals surface area (Å²) in [5, 5.41) is 0.651. The van der Waals surface area contributed by atoms with E-state index in [1.807, 2.05) is 29.2 Å². The molecule has 0 unspecified atom stereocenters. The highest BCUT2D eigenvalue weighted by atomic mass is 35.5. The number of sulfone groups is 1. The average molecular weight is 398 g/mol. The molecule has 3 rings (SSSR count). The molecular weight excluding hydrogens is 370 g/mol. The largest absolute Gasteiger partial charge is 0.335 e. The number of rotatable bonds is 5. The number of halogens is 1. The standard InChI is InChI=1S/C20H28ClNO3S/c1-14(2)19(15-7-9-16(21)10-8-15)20(23)22(17-5-3-4-6-17)18-11-12-26(24,25)13-18/h7-10,14,17-19H,3-6,11-13H2,1-2H3/t18-,19-/m0/s1. The molecule has 1 saturated heterocycles. The molecule has 1 aromatic rings. The molecule has 1 heterocycles. The number of amides is 1. The summed E-state index contributed by atoms with van der Waals surface area (Å²) < 4.78 is 24.1. The Bertz CT molecular complexity index is 739. The smallest absolute Gasteiger partial charge is 0.230 e. The van der Waals surface area contributed by atoms with Crippen LogP contribution in [0.2, 0.25) is 5.02 Å². The van der Waals surface area contributed by atoms with Crippen molar-refractivity contribution in [3.05, 3.63) is 34.9 Å². The lowest BCUT2D eigenvalue weighted by atomic mass is 9.86. The number of benzene rings is 1. The number of carbonyl (C=O) groups excluding carboxylic acids is 1. The summed E-state index contributed by atoms with van der Waals surface area (Å²) in [6, 6.07) is 7.48. The van der Waals surface area contributed by atoms with Gasteiger partial charge in [0.1, 0.15) is 0 Å². The van der Waals surface area contributed by atoms with E-state index >= 15 is 0 Å². The van der Waals surface area contributed by atoms with Crippen molar-refractivity contribution in [1.29, 1.82) is 0 Å². The summed E-state index contributed by atoms with van der Waals surface area (Å²) >= 11 is 6.01. The van der Waals surface area contributed by atoms with Crippen molar-refractivity contribution < 1.29 is 13.2 Å². The molecule has 1 amide bonds. The van der Waals surface area contributed by atoms with Gasteiger partial charge in [-0.1, -0.05) is 50.4 Å². The van der Waals surface area contributed by atoms with Crippen LogP contribution in [0.4, 0.5) is 0 Å². The first-order valence-electron chi connectivity index (χ1n) is 9.56. The number of hydrogen-bond acceptors (Lipinski definition) is 3. The van der Waals surface area contributed by atoms with Gasteiger partial charge in [-0.15, -0.1) is 0 Å². The van der Waals surface area contributed by atoms with Crippen molar-refractivity contribution in [2.45, 2.75) is 64.0 Å². The van der Waals surface area contributed by atoms with Gasteiger partial charge in [0.05, 0.1) is 17.4 Å². The highest BCUT2D eigenvalue weighted by molar-refractivity contribution is 7.91. The molecule has 1 aromatic carbocycles.